The smallest absolute Gasteiger partial charge is 0.242 e. The first-order valence-electron chi connectivity index (χ1n) is 8.02. The van der Waals surface area contributed by atoms with E-state index in [1.165, 1.54) is 30.2 Å². The van der Waals surface area contributed by atoms with Gasteiger partial charge in [-0.15, -0.1) is 4.99 Å². The number of hydrogen-bond acceptors (Lipinski definition) is 6. The molecule has 0 aromatic heterocycles. The maximum Gasteiger partial charge on any atom is 0.242 e. The molecule has 0 spiro atoms. The number of fused-ring (bicyclic) bond motifs is 1. The van der Waals surface area contributed by atoms with Crippen molar-refractivity contribution in [2.75, 3.05) is 26.4 Å². The monoisotopic (exact) mass is 392 g/mol. The third-order valence-electron chi connectivity index (χ3n) is 4.08. The number of rotatable bonds is 3. The molecule has 1 aromatic rings. The van der Waals surface area contributed by atoms with E-state index in [0.717, 1.165) is 11.4 Å². The normalized spacial score (nSPS) is 20.5. The molecule has 0 saturated carbocycles. The highest BCUT2D eigenvalue weighted by Gasteiger charge is 2.34. The van der Waals surface area contributed by atoms with Gasteiger partial charge in [0.2, 0.25) is 16.2 Å². The predicted molar refractivity (Wildman–Crippen MR) is 102 cm³/mol. The second kappa shape index (κ2) is 6.61. The predicted octanol–water partition coefficient (Wildman–Crippen LogP) is 2.33. The Balaban J connectivity index is 2.16. The Hall–Kier alpha value is -2.02. The molecule has 0 amide bonds. The lowest BCUT2D eigenvalue weighted by Crippen LogP contribution is -2.34. The van der Waals surface area contributed by atoms with E-state index >= 15 is 0 Å². The van der Waals surface area contributed by atoms with Crippen LogP contribution in [0.5, 0.6) is 5.75 Å². The van der Waals surface area contributed by atoms with Crippen LogP contribution in [-0.2, 0) is 10.0 Å². The fraction of sp³-hybridized carbons (Fsp3) is 0.412. The number of sulfonamides is 1. The summed E-state index contributed by atoms with van der Waals surface area (Å²) >= 11 is 1.50. The second-order valence-electron chi connectivity index (χ2n) is 6.67. The Morgan fingerprint density at radius 2 is 2.12 bits per heavy atom. The van der Waals surface area contributed by atoms with Crippen LogP contribution in [0.1, 0.15) is 19.4 Å². The molecule has 2 aliphatic heterocycles. The topological polar surface area (TPSA) is 86.0 Å². The summed E-state index contributed by atoms with van der Waals surface area (Å²) in [5, 5.41) is 9.56. The van der Waals surface area contributed by atoms with Crippen molar-refractivity contribution < 1.29 is 13.2 Å². The molecule has 0 unspecified atom stereocenters. The zero-order chi connectivity index (χ0) is 19.1. The van der Waals surface area contributed by atoms with Crippen LogP contribution in [0.25, 0.3) is 5.70 Å². The number of hydrogen-bond donors (Lipinski definition) is 0. The van der Waals surface area contributed by atoms with Crippen molar-refractivity contribution in [2.24, 2.45) is 4.99 Å². The molecule has 2 aliphatic rings. The van der Waals surface area contributed by atoms with Crippen molar-refractivity contribution in [2.45, 2.75) is 24.3 Å². The summed E-state index contributed by atoms with van der Waals surface area (Å²) < 4.78 is 32.2. The van der Waals surface area contributed by atoms with Crippen molar-refractivity contribution in [3.63, 3.8) is 0 Å². The molecule has 0 N–H and O–H groups in total. The minimum atomic E-state index is -3.57. The van der Waals surface area contributed by atoms with E-state index in [1.807, 2.05) is 31.0 Å². The Bertz CT molecular complexity index is 943. The number of aliphatic imine (C=N–C) groups is 1. The van der Waals surface area contributed by atoms with Crippen molar-refractivity contribution in [1.29, 1.82) is 5.26 Å². The summed E-state index contributed by atoms with van der Waals surface area (Å²) in [6, 6.07) is 4.86. The van der Waals surface area contributed by atoms with Crippen LogP contribution in [0.3, 0.4) is 0 Å². The van der Waals surface area contributed by atoms with Gasteiger partial charge in [-0.1, -0.05) is 11.8 Å². The Kier molecular flexibility index (Phi) is 4.77. The van der Waals surface area contributed by atoms with Crippen LogP contribution < -0.4 is 4.74 Å². The molecule has 3 rings (SSSR count). The van der Waals surface area contributed by atoms with Gasteiger partial charge in [0.25, 0.3) is 0 Å². The fourth-order valence-corrected chi connectivity index (χ4v) is 4.71. The lowest BCUT2D eigenvalue weighted by Gasteiger charge is -2.34. The van der Waals surface area contributed by atoms with Crippen molar-refractivity contribution in [3.05, 3.63) is 29.8 Å². The average molecular weight is 393 g/mol. The van der Waals surface area contributed by atoms with E-state index < -0.39 is 15.6 Å². The number of nitriles is 1. The SMILES string of the molecule is CN(C)S(=O)(=O)c1ccc2c(c1)C(N1CCSC1=NC#N)=CC(C)(C)O2. The van der Waals surface area contributed by atoms with Crippen molar-refractivity contribution in [1.82, 2.24) is 9.21 Å². The summed E-state index contributed by atoms with van der Waals surface area (Å²) in [4.78, 5) is 6.05. The minimum absolute atomic E-state index is 0.195. The van der Waals surface area contributed by atoms with Gasteiger partial charge in [-0.2, -0.15) is 5.26 Å². The van der Waals surface area contributed by atoms with Gasteiger partial charge in [0.1, 0.15) is 11.4 Å². The standard InChI is InChI=1S/C17H20N4O3S2/c1-17(2)10-14(21-7-8-25-16(21)19-11-18)13-9-12(5-6-15(13)24-17)26(22,23)20(3)4/h5-6,9-10H,7-8H2,1-4H3. The fourth-order valence-electron chi connectivity index (χ4n) is 2.87. The Labute approximate surface area is 158 Å². The first-order chi connectivity index (χ1) is 12.2. The number of amidine groups is 1. The molecule has 0 aliphatic carbocycles. The zero-order valence-electron chi connectivity index (χ0n) is 15.1. The molecule has 0 bridgehead atoms. The van der Waals surface area contributed by atoms with Crippen LogP contribution in [0.2, 0.25) is 0 Å². The molecule has 26 heavy (non-hydrogen) atoms. The lowest BCUT2D eigenvalue weighted by molar-refractivity contribution is 0.156. The number of nitrogens with zero attached hydrogens (tertiary/aromatic N) is 4. The molecular formula is C17H20N4O3S2. The summed E-state index contributed by atoms with van der Waals surface area (Å²) in [5.41, 5.74) is 0.932. The summed E-state index contributed by atoms with van der Waals surface area (Å²) in [7, 11) is -0.566. The first kappa shape index (κ1) is 18.8. The molecule has 138 valence electrons. The van der Waals surface area contributed by atoms with E-state index in [1.54, 1.807) is 18.2 Å². The van der Waals surface area contributed by atoms with Gasteiger partial charge in [-0.05, 0) is 38.1 Å². The van der Waals surface area contributed by atoms with Gasteiger partial charge in [0.05, 0.1) is 10.6 Å². The molecule has 1 aromatic carbocycles. The van der Waals surface area contributed by atoms with Gasteiger partial charge in [-0.25, -0.2) is 12.7 Å². The van der Waals surface area contributed by atoms with E-state index in [-0.39, 0.29) is 4.90 Å². The highest BCUT2D eigenvalue weighted by molar-refractivity contribution is 8.14. The molecular weight excluding hydrogens is 372 g/mol. The van der Waals surface area contributed by atoms with Crippen LogP contribution >= 0.6 is 11.8 Å². The van der Waals surface area contributed by atoms with Gasteiger partial charge in [-0.3, -0.25) is 0 Å². The van der Waals surface area contributed by atoms with E-state index in [0.29, 0.717) is 23.0 Å². The van der Waals surface area contributed by atoms with E-state index in [9.17, 15) is 8.42 Å². The maximum absolute atomic E-state index is 12.5. The second-order valence-corrected chi connectivity index (χ2v) is 9.89. The molecule has 7 nitrogen and oxygen atoms in total. The van der Waals surface area contributed by atoms with E-state index in [4.69, 9.17) is 10.00 Å². The largest absolute Gasteiger partial charge is 0.483 e. The average Bonchev–Trinajstić information content (AvgIpc) is 3.01. The van der Waals surface area contributed by atoms with Crippen LogP contribution in [-0.4, -0.2) is 54.8 Å². The summed E-state index contributed by atoms with van der Waals surface area (Å²) in [6.45, 7) is 4.56. The molecule has 1 fully saturated rings. The minimum Gasteiger partial charge on any atom is -0.483 e. The van der Waals surface area contributed by atoms with Crippen LogP contribution in [0.15, 0.2) is 34.2 Å². The first-order valence-corrected chi connectivity index (χ1v) is 10.4. The lowest BCUT2D eigenvalue weighted by atomic mass is 9.98. The highest BCUT2D eigenvalue weighted by atomic mass is 32.2. The highest BCUT2D eigenvalue weighted by Crippen LogP contribution is 2.41. The third kappa shape index (κ3) is 3.32. The van der Waals surface area contributed by atoms with E-state index in [2.05, 4.69) is 4.99 Å². The number of thioether (sulfide) groups is 1. The Morgan fingerprint density at radius 3 is 2.77 bits per heavy atom. The quantitative estimate of drug-likeness (QED) is 0.734. The maximum atomic E-state index is 12.5. The molecule has 2 heterocycles. The van der Waals surface area contributed by atoms with Gasteiger partial charge in [0, 0.05) is 32.0 Å². The van der Waals surface area contributed by atoms with Gasteiger partial charge >= 0.3 is 0 Å². The molecule has 0 radical (unpaired) electrons. The Morgan fingerprint density at radius 1 is 1.38 bits per heavy atom. The number of benzene rings is 1. The van der Waals surface area contributed by atoms with Gasteiger partial charge in [0.15, 0.2) is 5.17 Å². The zero-order valence-corrected chi connectivity index (χ0v) is 16.7. The molecule has 0 atom stereocenters. The van der Waals surface area contributed by atoms with Crippen LogP contribution in [0, 0.1) is 11.5 Å². The summed E-state index contributed by atoms with van der Waals surface area (Å²) in [5.74, 6) is 1.42. The van der Waals surface area contributed by atoms with Crippen molar-refractivity contribution in [3.8, 4) is 11.9 Å². The molecule has 9 heteroatoms. The number of ether oxygens (including phenoxy) is 1. The molecule has 1 saturated heterocycles. The van der Waals surface area contributed by atoms with Crippen molar-refractivity contribution >= 4 is 32.6 Å². The summed E-state index contributed by atoms with van der Waals surface area (Å²) in [6.07, 6.45) is 3.78. The van der Waals surface area contributed by atoms with Gasteiger partial charge < -0.3 is 9.64 Å². The van der Waals surface area contributed by atoms with Crippen LogP contribution in [0.4, 0.5) is 0 Å². The third-order valence-corrected chi connectivity index (χ3v) is 6.84.